The minimum atomic E-state index is -0.399. The first-order valence-corrected chi connectivity index (χ1v) is 10.7. The number of aromatic nitrogens is 2. The maximum absolute atomic E-state index is 13.0. The van der Waals surface area contributed by atoms with Gasteiger partial charge in [0.25, 0.3) is 17.4 Å². The topological polar surface area (TPSA) is 84.3 Å². The summed E-state index contributed by atoms with van der Waals surface area (Å²) in [5.41, 5.74) is 1.13. The SMILES string of the molecule is CCCCn1nc(C(=O)Nc2ccc(C(=O)N(CC)CC)cc2)c2ccccc2c1=O. The van der Waals surface area contributed by atoms with Gasteiger partial charge in [0.05, 0.1) is 5.39 Å². The number of rotatable bonds is 8. The lowest BCUT2D eigenvalue weighted by atomic mass is 10.1. The van der Waals surface area contributed by atoms with Crippen LogP contribution in [0.15, 0.2) is 53.3 Å². The van der Waals surface area contributed by atoms with Crippen LogP contribution in [-0.4, -0.2) is 39.6 Å². The lowest BCUT2D eigenvalue weighted by Gasteiger charge is -2.18. The first-order chi connectivity index (χ1) is 15.0. The van der Waals surface area contributed by atoms with Crippen LogP contribution >= 0.6 is 0 Å². The smallest absolute Gasteiger partial charge is 0.276 e. The molecule has 1 N–H and O–H groups in total. The molecule has 0 atom stereocenters. The molecule has 3 aromatic rings. The van der Waals surface area contributed by atoms with Crippen molar-refractivity contribution in [2.45, 2.75) is 40.2 Å². The van der Waals surface area contributed by atoms with Crippen LogP contribution in [0.5, 0.6) is 0 Å². The fourth-order valence-corrected chi connectivity index (χ4v) is 3.44. The number of anilines is 1. The van der Waals surface area contributed by atoms with Gasteiger partial charge in [-0.2, -0.15) is 5.10 Å². The maximum atomic E-state index is 13.0. The normalized spacial score (nSPS) is 10.8. The molecule has 7 heteroatoms. The van der Waals surface area contributed by atoms with Gasteiger partial charge in [0.15, 0.2) is 5.69 Å². The number of nitrogens with zero attached hydrogens (tertiary/aromatic N) is 3. The third-order valence-corrected chi connectivity index (χ3v) is 5.25. The number of fused-ring (bicyclic) bond motifs is 1. The molecule has 1 heterocycles. The highest BCUT2D eigenvalue weighted by molar-refractivity contribution is 6.11. The first kappa shape index (κ1) is 22.2. The van der Waals surface area contributed by atoms with Gasteiger partial charge in [0.2, 0.25) is 0 Å². The molecule has 0 aliphatic heterocycles. The van der Waals surface area contributed by atoms with Gasteiger partial charge in [-0.15, -0.1) is 0 Å². The molecule has 0 aliphatic carbocycles. The average molecular weight is 421 g/mol. The van der Waals surface area contributed by atoms with E-state index in [4.69, 9.17) is 0 Å². The summed E-state index contributed by atoms with van der Waals surface area (Å²) in [6.07, 6.45) is 1.72. The molecule has 2 amide bonds. The van der Waals surface area contributed by atoms with Crippen LogP contribution in [0.4, 0.5) is 5.69 Å². The van der Waals surface area contributed by atoms with E-state index in [1.807, 2.05) is 20.8 Å². The highest BCUT2D eigenvalue weighted by atomic mass is 16.2. The average Bonchev–Trinajstić information content (AvgIpc) is 2.80. The van der Waals surface area contributed by atoms with Crippen molar-refractivity contribution in [2.75, 3.05) is 18.4 Å². The van der Waals surface area contributed by atoms with Gasteiger partial charge < -0.3 is 10.2 Å². The largest absolute Gasteiger partial charge is 0.339 e. The van der Waals surface area contributed by atoms with E-state index in [9.17, 15) is 14.4 Å². The highest BCUT2D eigenvalue weighted by Crippen LogP contribution is 2.17. The highest BCUT2D eigenvalue weighted by Gasteiger charge is 2.17. The van der Waals surface area contributed by atoms with E-state index in [0.717, 1.165) is 12.8 Å². The quantitative estimate of drug-likeness (QED) is 0.598. The second kappa shape index (κ2) is 10.0. The Morgan fingerprint density at radius 3 is 2.23 bits per heavy atom. The van der Waals surface area contributed by atoms with Crippen LogP contribution in [-0.2, 0) is 6.54 Å². The number of unbranched alkanes of at least 4 members (excludes halogenated alkanes) is 1. The minimum Gasteiger partial charge on any atom is -0.339 e. The van der Waals surface area contributed by atoms with Crippen LogP contribution < -0.4 is 10.9 Å². The maximum Gasteiger partial charge on any atom is 0.276 e. The molecular formula is C24H28N4O3. The fraction of sp³-hybridized carbons (Fsp3) is 0.333. The molecule has 0 unspecified atom stereocenters. The molecule has 162 valence electrons. The van der Waals surface area contributed by atoms with E-state index in [1.54, 1.807) is 53.4 Å². The van der Waals surface area contributed by atoms with Crippen molar-refractivity contribution in [1.29, 1.82) is 0 Å². The Labute approximate surface area is 181 Å². The molecule has 0 spiro atoms. The molecule has 3 rings (SSSR count). The number of amides is 2. The molecular weight excluding hydrogens is 392 g/mol. The summed E-state index contributed by atoms with van der Waals surface area (Å²) in [5.74, 6) is -0.442. The van der Waals surface area contributed by atoms with Crippen LogP contribution in [0, 0.1) is 0 Å². The summed E-state index contributed by atoms with van der Waals surface area (Å²) in [4.78, 5) is 39.9. The summed E-state index contributed by atoms with van der Waals surface area (Å²) in [6, 6.07) is 13.8. The Hall–Kier alpha value is -3.48. The zero-order chi connectivity index (χ0) is 22.4. The van der Waals surface area contributed by atoms with Crippen molar-refractivity contribution >= 4 is 28.3 Å². The zero-order valence-corrected chi connectivity index (χ0v) is 18.2. The standard InChI is InChI=1S/C24H28N4O3/c1-4-7-16-28-24(31)20-11-9-8-10-19(20)21(26-28)22(29)25-18-14-12-17(13-15-18)23(30)27(5-2)6-3/h8-15H,4-7,16H2,1-3H3,(H,25,29). The fourth-order valence-electron chi connectivity index (χ4n) is 3.44. The van der Waals surface area contributed by atoms with Crippen LogP contribution in [0.1, 0.15) is 54.5 Å². The summed E-state index contributed by atoms with van der Waals surface area (Å²) in [7, 11) is 0. The van der Waals surface area contributed by atoms with Crippen LogP contribution in [0.2, 0.25) is 0 Å². The summed E-state index contributed by atoms with van der Waals surface area (Å²) in [5, 5.41) is 8.18. The van der Waals surface area contributed by atoms with Crippen molar-refractivity contribution in [3.63, 3.8) is 0 Å². The first-order valence-electron chi connectivity index (χ1n) is 10.7. The molecule has 0 bridgehead atoms. The van der Waals surface area contributed by atoms with Gasteiger partial charge in [0, 0.05) is 36.3 Å². The Morgan fingerprint density at radius 2 is 1.61 bits per heavy atom. The molecule has 0 saturated heterocycles. The zero-order valence-electron chi connectivity index (χ0n) is 18.2. The molecule has 7 nitrogen and oxygen atoms in total. The van der Waals surface area contributed by atoms with Crippen molar-refractivity contribution in [3.05, 3.63) is 70.1 Å². The predicted octanol–water partition coefficient (Wildman–Crippen LogP) is 3.93. The number of carbonyl (C=O) groups excluding carboxylic acids is 2. The molecule has 0 aliphatic rings. The minimum absolute atomic E-state index is 0.0430. The number of carbonyl (C=O) groups is 2. The van der Waals surface area contributed by atoms with E-state index < -0.39 is 5.91 Å². The van der Waals surface area contributed by atoms with E-state index in [-0.39, 0.29) is 17.2 Å². The molecule has 2 aromatic carbocycles. The lowest BCUT2D eigenvalue weighted by molar-refractivity contribution is 0.0773. The molecule has 0 saturated carbocycles. The van der Waals surface area contributed by atoms with Crippen molar-refractivity contribution in [1.82, 2.24) is 14.7 Å². The Bertz CT molecular complexity index is 1130. The number of nitrogens with one attached hydrogen (secondary N) is 1. The van der Waals surface area contributed by atoms with Gasteiger partial charge in [-0.3, -0.25) is 14.4 Å². The van der Waals surface area contributed by atoms with Crippen LogP contribution in [0.3, 0.4) is 0 Å². The van der Waals surface area contributed by atoms with Gasteiger partial charge >= 0.3 is 0 Å². The van der Waals surface area contributed by atoms with E-state index in [2.05, 4.69) is 10.4 Å². The van der Waals surface area contributed by atoms with Crippen molar-refractivity contribution < 1.29 is 9.59 Å². The third-order valence-electron chi connectivity index (χ3n) is 5.25. The Balaban J connectivity index is 1.89. The number of benzene rings is 2. The second-order valence-electron chi connectivity index (χ2n) is 7.28. The van der Waals surface area contributed by atoms with E-state index in [1.165, 1.54) is 4.68 Å². The van der Waals surface area contributed by atoms with Gasteiger partial charge in [-0.1, -0.05) is 31.5 Å². The summed E-state index contributed by atoms with van der Waals surface area (Å²) in [6.45, 7) is 7.65. The van der Waals surface area contributed by atoms with Crippen LogP contribution in [0.25, 0.3) is 10.8 Å². The Kier molecular flexibility index (Phi) is 7.18. The molecule has 0 radical (unpaired) electrons. The third kappa shape index (κ3) is 4.82. The summed E-state index contributed by atoms with van der Waals surface area (Å²) >= 11 is 0. The van der Waals surface area contributed by atoms with Gasteiger partial charge in [-0.05, 0) is 50.6 Å². The van der Waals surface area contributed by atoms with Gasteiger partial charge in [0.1, 0.15) is 0 Å². The van der Waals surface area contributed by atoms with E-state index >= 15 is 0 Å². The van der Waals surface area contributed by atoms with Crippen molar-refractivity contribution in [3.8, 4) is 0 Å². The Morgan fingerprint density at radius 1 is 0.968 bits per heavy atom. The van der Waals surface area contributed by atoms with Crippen molar-refractivity contribution in [2.24, 2.45) is 0 Å². The van der Waals surface area contributed by atoms with E-state index in [0.29, 0.717) is 41.7 Å². The predicted molar refractivity (Wildman–Crippen MR) is 123 cm³/mol. The molecule has 31 heavy (non-hydrogen) atoms. The van der Waals surface area contributed by atoms with Gasteiger partial charge in [-0.25, -0.2) is 4.68 Å². The summed E-state index contributed by atoms with van der Waals surface area (Å²) < 4.78 is 1.37. The number of hydrogen-bond donors (Lipinski definition) is 1. The second-order valence-corrected chi connectivity index (χ2v) is 7.28. The monoisotopic (exact) mass is 420 g/mol. The lowest BCUT2D eigenvalue weighted by Crippen LogP contribution is -2.30. The number of aryl methyl sites for hydroxylation is 1. The molecule has 1 aromatic heterocycles. The molecule has 0 fully saturated rings. The number of hydrogen-bond acceptors (Lipinski definition) is 4.